The van der Waals surface area contributed by atoms with Crippen LogP contribution < -0.4 is 0 Å². The van der Waals surface area contributed by atoms with Gasteiger partial charge in [-0.25, -0.2) is 4.68 Å². The van der Waals surface area contributed by atoms with E-state index in [1.807, 2.05) is 33.9 Å². The van der Waals surface area contributed by atoms with Gasteiger partial charge in [0.2, 0.25) is 0 Å². The van der Waals surface area contributed by atoms with Gasteiger partial charge in [0.25, 0.3) is 0 Å². The van der Waals surface area contributed by atoms with Gasteiger partial charge in [-0.15, -0.1) is 5.10 Å². The average Bonchev–Trinajstić information content (AvgIpc) is 3.12. The molecule has 7 heteroatoms. The van der Waals surface area contributed by atoms with Crippen molar-refractivity contribution < 1.29 is 4.79 Å². The zero-order valence-electron chi connectivity index (χ0n) is 13.1. The van der Waals surface area contributed by atoms with E-state index < -0.39 is 0 Å². The number of Topliss-reactive ketones (excluding diaryl/α,β-unsaturated/α-hetero) is 1. The third-order valence-electron chi connectivity index (χ3n) is 3.81. The van der Waals surface area contributed by atoms with Crippen LogP contribution in [0.5, 0.6) is 0 Å². The Morgan fingerprint density at radius 2 is 2.09 bits per heavy atom. The van der Waals surface area contributed by atoms with Crippen LogP contribution in [0.15, 0.2) is 18.5 Å². The molecule has 0 saturated heterocycles. The number of rotatable bonds is 4. The Hall–Kier alpha value is -2.70. The summed E-state index contributed by atoms with van der Waals surface area (Å²) in [6, 6.07) is 1.86. The Balaban J connectivity index is 1.81. The lowest BCUT2D eigenvalue weighted by molar-refractivity contribution is 0.0966. The summed E-state index contributed by atoms with van der Waals surface area (Å²) in [5.41, 5.74) is 5.22. The summed E-state index contributed by atoms with van der Waals surface area (Å²) in [5, 5.41) is 12.4. The van der Waals surface area contributed by atoms with Crippen molar-refractivity contribution in [3.8, 4) is 11.3 Å². The van der Waals surface area contributed by atoms with Crippen molar-refractivity contribution in [2.24, 2.45) is 7.05 Å². The fourth-order valence-electron chi connectivity index (χ4n) is 2.50. The number of nitrogens with zero attached hydrogens (tertiary/aromatic N) is 5. The summed E-state index contributed by atoms with van der Waals surface area (Å²) in [7, 11) is 1.88. The van der Waals surface area contributed by atoms with Gasteiger partial charge in [-0.3, -0.25) is 9.48 Å². The van der Waals surface area contributed by atoms with Gasteiger partial charge in [0, 0.05) is 35.3 Å². The Kier molecular flexibility index (Phi) is 3.40. The van der Waals surface area contributed by atoms with Crippen molar-refractivity contribution in [1.29, 1.82) is 0 Å². The van der Waals surface area contributed by atoms with Crippen molar-refractivity contribution >= 4 is 5.78 Å². The van der Waals surface area contributed by atoms with Gasteiger partial charge in [-0.1, -0.05) is 5.21 Å². The zero-order valence-corrected chi connectivity index (χ0v) is 13.1. The third kappa shape index (κ3) is 2.45. The van der Waals surface area contributed by atoms with Gasteiger partial charge in [0.1, 0.15) is 12.2 Å². The smallest absolute Gasteiger partial charge is 0.186 e. The topological polar surface area (TPSA) is 81.4 Å². The summed E-state index contributed by atoms with van der Waals surface area (Å²) in [6.45, 7) is 5.97. The zero-order chi connectivity index (χ0) is 15.9. The van der Waals surface area contributed by atoms with Gasteiger partial charge >= 0.3 is 0 Å². The highest BCUT2D eigenvalue weighted by Gasteiger charge is 2.15. The number of ketones is 1. The predicted molar refractivity (Wildman–Crippen MR) is 81.6 cm³/mol. The van der Waals surface area contributed by atoms with Crippen LogP contribution >= 0.6 is 0 Å². The summed E-state index contributed by atoms with van der Waals surface area (Å²) >= 11 is 0. The maximum absolute atomic E-state index is 12.3. The van der Waals surface area contributed by atoms with Crippen LogP contribution in [-0.2, 0) is 13.6 Å². The first kappa shape index (κ1) is 14.2. The van der Waals surface area contributed by atoms with Crippen molar-refractivity contribution in [1.82, 2.24) is 29.8 Å². The quantitative estimate of drug-likeness (QED) is 0.745. The van der Waals surface area contributed by atoms with E-state index in [0.29, 0.717) is 5.56 Å². The Morgan fingerprint density at radius 3 is 2.68 bits per heavy atom. The van der Waals surface area contributed by atoms with Gasteiger partial charge < -0.3 is 4.98 Å². The van der Waals surface area contributed by atoms with Crippen LogP contribution in [0.25, 0.3) is 11.3 Å². The molecule has 0 fully saturated rings. The second-order valence-corrected chi connectivity index (χ2v) is 5.48. The minimum absolute atomic E-state index is 0.0150. The highest BCUT2D eigenvalue weighted by atomic mass is 16.1. The molecule has 0 saturated carbocycles. The van der Waals surface area contributed by atoms with Gasteiger partial charge in [-0.05, 0) is 26.8 Å². The number of nitrogens with one attached hydrogen (secondary N) is 1. The SMILES string of the molecule is Cc1cc(C(=O)Cn2cc(-c3cnn(C)c3C)nn2)c(C)[nH]1. The molecule has 1 N–H and O–H groups in total. The molecule has 0 amide bonds. The van der Waals surface area contributed by atoms with Crippen molar-refractivity contribution in [2.45, 2.75) is 27.3 Å². The van der Waals surface area contributed by atoms with Crippen LogP contribution in [0.2, 0.25) is 0 Å². The minimum atomic E-state index is 0.0150. The molecule has 0 aromatic carbocycles. The highest BCUT2D eigenvalue weighted by molar-refractivity contribution is 5.97. The van der Waals surface area contributed by atoms with E-state index in [0.717, 1.165) is 28.3 Å². The van der Waals surface area contributed by atoms with Crippen LogP contribution in [0.4, 0.5) is 0 Å². The normalized spacial score (nSPS) is 11.1. The van der Waals surface area contributed by atoms with E-state index in [9.17, 15) is 4.79 Å². The van der Waals surface area contributed by atoms with E-state index in [2.05, 4.69) is 20.4 Å². The van der Waals surface area contributed by atoms with Crippen LogP contribution in [0, 0.1) is 20.8 Å². The highest BCUT2D eigenvalue weighted by Crippen LogP contribution is 2.19. The van der Waals surface area contributed by atoms with Crippen LogP contribution in [-0.4, -0.2) is 35.5 Å². The first-order valence-electron chi connectivity index (χ1n) is 7.04. The number of aromatic nitrogens is 6. The third-order valence-corrected chi connectivity index (χ3v) is 3.81. The molecule has 22 heavy (non-hydrogen) atoms. The largest absolute Gasteiger partial charge is 0.362 e. The molecule has 3 rings (SSSR count). The van der Waals surface area contributed by atoms with Gasteiger partial charge in [-0.2, -0.15) is 5.10 Å². The Morgan fingerprint density at radius 1 is 1.32 bits per heavy atom. The van der Waals surface area contributed by atoms with Gasteiger partial charge in [0.15, 0.2) is 5.78 Å². The first-order chi connectivity index (χ1) is 10.5. The fourth-order valence-corrected chi connectivity index (χ4v) is 2.50. The number of carbonyl (C=O) groups is 1. The molecule has 0 spiro atoms. The first-order valence-corrected chi connectivity index (χ1v) is 7.04. The van der Waals surface area contributed by atoms with Crippen LogP contribution in [0.3, 0.4) is 0 Å². The molecule has 0 aliphatic carbocycles. The molecule has 3 aromatic rings. The molecule has 0 atom stereocenters. The summed E-state index contributed by atoms with van der Waals surface area (Å²) in [4.78, 5) is 15.5. The van der Waals surface area contributed by atoms with Crippen LogP contribution in [0.1, 0.15) is 27.4 Å². The predicted octanol–water partition coefficient (Wildman–Crippen LogP) is 1.81. The second kappa shape index (κ2) is 5.25. The van der Waals surface area contributed by atoms with Crippen molar-refractivity contribution in [3.63, 3.8) is 0 Å². The maximum Gasteiger partial charge on any atom is 0.186 e. The molecule has 0 aliphatic rings. The van der Waals surface area contributed by atoms with E-state index >= 15 is 0 Å². The number of aromatic amines is 1. The molecule has 0 aliphatic heterocycles. The fraction of sp³-hybridized carbons (Fsp3) is 0.333. The van der Waals surface area contributed by atoms with Gasteiger partial charge in [0.05, 0.1) is 12.4 Å². The maximum atomic E-state index is 12.3. The minimum Gasteiger partial charge on any atom is -0.362 e. The summed E-state index contributed by atoms with van der Waals surface area (Å²) in [5.74, 6) is 0.0150. The molecule has 7 nitrogen and oxygen atoms in total. The van der Waals surface area contributed by atoms with E-state index in [4.69, 9.17) is 0 Å². The van der Waals surface area contributed by atoms with E-state index in [1.54, 1.807) is 21.8 Å². The molecular weight excluding hydrogens is 280 g/mol. The lowest BCUT2D eigenvalue weighted by atomic mass is 10.1. The molecule has 0 bridgehead atoms. The monoisotopic (exact) mass is 298 g/mol. The molecule has 0 unspecified atom stereocenters. The number of hydrogen-bond donors (Lipinski definition) is 1. The number of aryl methyl sites for hydroxylation is 3. The number of hydrogen-bond acceptors (Lipinski definition) is 4. The average molecular weight is 298 g/mol. The van der Waals surface area contributed by atoms with E-state index in [1.165, 1.54) is 0 Å². The molecule has 3 aromatic heterocycles. The molecule has 3 heterocycles. The summed E-state index contributed by atoms with van der Waals surface area (Å²) in [6.07, 6.45) is 3.53. The molecular formula is C15H18N6O. The standard InChI is InChI=1S/C15H18N6O/c1-9-5-12(10(2)17-9)15(22)8-21-7-14(18-19-21)13-6-16-20(4)11(13)3/h5-7,17H,8H2,1-4H3. The lowest BCUT2D eigenvalue weighted by Gasteiger charge is -1.99. The number of carbonyl (C=O) groups excluding carboxylic acids is 1. The van der Waals surface area contributed by atoms with E-state index in [-0.39, 0.29) is 12.3 Å². The van der Waals surface area contributed by atoms with Crippen molar-refractivity contribution in [3.05, 3.63) is 41.1 Å². The molecule has 0 radical (unpaired) electrons. The number of H-pyrrole nitrogens is 1. The second-order valence-electron chi connectivity index (χ2n) is 5.48. The summed E-state index contributed by atoms with van der Waals surface area (Å²) < 4.78 is 3.34. The Bertz CT molecular complexity index is 838. The molecule has 114 valence electrons. The Labute approximate surface area is 128 Å². The lowest BCUT2D eigenvalue weighted by Crippen LogP contribution is -2.11. The van der Waals surface area contributed by atoms with Crippen molar-refractivity contribution in [2.75, 3.05) is 0 Å².